The van der Waals surface area contributed by atoms with Crippen LogP contribution in [0, 0.1) is 13.8 Å². The first-order valence-corrected chi connectivity index (χ1v) is 10.1. The molecule has 0 saturated carbocycles. The van der Waals surface area contributed by atoms with Gasteiger partial charge >= 0.3 is 0 Å². The lowest BCUT2D eigenvalue weighted by atomic mass is 9.91. The monoisotopic (exact) mass is 380 g/mol. The highest BCUT2D eigenvalue weighted by atomic mass is 16.5. The SMILES string of the molecule is Cc1cc[n+](C)c(-c2c(C)ccc3c2oc2c4c(ccc23)OC2C=CC=CC42)c1. The first-order chi connectivity index (χ1) is 14.1. The van der Waals surface area contributed by atoms with Gasteiger partial charge in [-0.15, -0.1) is 0 Å². The first kappa shape index (κ1) is 16.6. The van der Waals surface area contributed by atoms with E-state index in [1.54, 1.807) is 0 Å². The molecular weight excluding hydrogens is 358 g/mol. The first-order valence-electron chi connectivity index (χ1n) is 10.1. The average molecular weight is 380 g/mol. The van der Waals surface area contributed by atoms with Crippen LogP contribution in [0.4, 0.5) is 0 Å². The summed E-state index contributed by atoms with van der Waals surface area (Å²) in [6.07, 6.45) is 10.7. The van der Waals surface area contributed by atoms with Crippen molar-refractivity contribution in [3.05, 3.63) is 83.6 Å². The number of hydrogen-bond donors (Lipinski definition) is 0. The third-order valence-electron chi connectivity index (χ3n) is 6.26. The third kappa shape index (κ3) is 2.27. The Bertz CT molecular complexity index is 1370. The van der Waals surface area contributed by atoms with Crippen molar-refractivity contribution in [1.29, 1.82) is 0 Å². The zero-order valence-corrected chi connectivity index (χ0v) is 16.8. The highest BCUT2D eigenvalue weighted by Gasteiger charge is 2.35. The summed E-state index contributed by atoms with van der Waals surface area (Å²) in [5.41, 5.74) is 7.85. The van der Waals surface area contributed by atoms with Gasteiger partial charge in [0.05, 0.1) is 11.5 Å². The topological polar surface area (TPSA) is 26.2 Å². The normalized spacial score (nSPS) is 19.6. The molecule has 0 bridgehead atoms. The van der Waals surface area contributed by atoms with E-state index in [1.807, 2.05) is 0 Å². The molecule has 0 spiro atoms. The van der Waals surface area contributed by atoms with Crippen molar-refractivity contribution in [3.63, 3.8) is 0 Å². The fourth-order valence-corrected chi connectivity index (χ4v) is 4.77. The maximum Gasteiger partial charge on any atom is 0.216 e. The van der Waals surface area contributed by atoms with Gasteiger partial charge in [-0.2, -0.15) is 0 Å². The van der Waals surface area contributed by atoms with Crippen molar-refractivity contribution in [2.24, 2.45) is 7.05 Å². The number of fused-ring (bicyclic) bond motifs is 7. The number of benzene rings is 2. The van der Waals surface area contributed by atoms with E-state index in [0.29, 0.717) is 0 Å². The molecule has 2 aliphatic rings. The summed E-state index contributed by atoms with van der Waals surface area (Å²) in [4.78, 5) is 0. The molecule has 6 rings (SSSR count). The zero-order valence-electron chi connectivity index (χ0n) is 16.8. The van der Waals surface area contributed by atoms with Crippen LogP contribution in [-0.2, 0) is 7.05 Å². The van der Waals surface area contributed by atoms with Gasteiger partial charge in [-0.05, 0) is 43.2 Å². The van der Waals surface area contributed by atoms with Crippen LogP contribution in [0.5, 0.6) is 5.75 Å². The molecule has 142 valence electrons. The van der Waals surface area contributed by atoms with Crippen LogP contribution in [0.2, 0.25) is 0 Å². The van der Waals surface area contributed by atoms with E-state index in [2.05, 4.69) is 92.4 Å². The van der Waals surface area contributed by atoms with Crippen LogP contribution >= 0.6 is 0 Å². The third-order valence-corrected chi connectivity index (χ3v) is 6.26. The van der Waals surface area contributed by atoms with Crippen LogP contribution in [0.3, 0.4) is 0 Å². The number of hydrogen-bond acceptors (Lipinski definition) is 2. The Morgan fingerprint density at radius 2 is 1.69 bits per heavy atom. The van der Waals surface area contributed by atoms with Gasteiger partial charge in [-0.25, -0.2) is 4.57 Å². The lowest BCUT2D eigenvalue weighted by Crippen LogP contribution is -2.30. The quantitative estimate of drug-likeness (QED) is 0.398. The number of allylic oxidation sites excluding steroid dienone is 2. The number of aryl methyl sites for hydroxylation is 3. The maximum atomic E-state index is 6.65. The molecule has 2 aromatic heterocycles. The number of ether oxygens (including phenoxy) is 1. The number of aromatic nitrogens is 1. The van der Waals surface area contributed by atoms with Crippen LogP contribution in [0.1, 0.15) is 22.6 Å². The molecular formula is C26H22NO2+. The molecule has 2 unspecified atom stereocenters. The Morgan fingerprint density at radius 1 is 0.897 bits per heavy atom. The Hall–Kier alpha value is -3.33. The number of furan rings is 1. The number of pyridine rings is 1. The van der Waals surface area contributed by atoms with E-state index in [4.69, 9.17) is 9.15 Å². The Labute approximate surface area is 169 Å². The van der Waals surface area contributed by atoms with Crippen molar-refractivity contribution in [2.45, 2.75) is 25.9 Å². The fourth-order valence-electron chi connectivity index (χ4n) is 4.77. The second kappa shape index (κ2) is 5.84. The highest BCUT2D eigenvalue weighted by molar-refractivity contribution is 6.11. The second-order valence-electron chi connectivity index (χ2n) is 8.17. The zero-order chi connectivity index (χ0) is 19.7. The van der Waals surface area contributed by atoms with Crippen molar-refractivity contribution in [3.8, 4) is 17.0 Å². The van der Waals surface area contributed by atoms with E-state index in [9.17, 15) is 0 Å². The molecule has 0 fully saturated rings. The van der Waals surface area contributed by atoms with Gasteiger partial charge < -0.3 is 9.15 Å². The summed E-state index contributed by atoms with van der Waals surface area (Å²) in [7, 11) is 2.09. The molecule has 2 aromatic carbocycles. The lowest BCUT2D eigenvalue weighted by molar-refractivity contribution is -0.660. The van der Waals surface area contributed by atoms with Gasteiger partial charge in [0.2, 0.25) is 5.69 Å². The summed E-state index contributed by atoms with van der Waals surface area (Å²) in [5.74, 6) is 1.14. The van der Waals surface area contributed by atoms with Crippen LogP contribution in [0.15, 0.2) is 71.3 Å². The summed E-state index contributed by atoms with van der Waals surface area (Å²) in [6, 6.07) is 13.0. The number of nitrogens with zero attached hydrogens (tertiary/aromatic N) is 1. The standard InChI is InChI=1S/C26H22NO2/c1-15-12-13-27(3)20(14-15)23-16(2)8-9-17-18-10-11-22-24(26(18)29-25(17)23)19-6-4-5-7-21(19)28-22/h4-14,19,21H,1-3H3/q+1. The van der Waals surface area contributed by atoms with Crippen molar-refractivity contribution in [2.75, 3.05) is 0 Å². The molecule has 0 saturated heterocycles. The molecule has 29 heavy (non-hydrogen) atoms. The summed E-state index contributed by atoms with van der Waals surface area (Å²) >= 11 is 0. The summed E-state index contributed by atoms with van der Waals surface area (Å²) < 4.78 is 15.0. The van der Waals surface area contributed by atoms with Crippen LogP contribution < -0.4 is 9.30 Å². The predicted molar refractivity (Wildman–Crippen MR) is 115 cm³/mol. The molecule has 3 heteroatoms. The van der Waals surface area contributed by atoms with Crippen molar-refractivity contribution in [1.82, 2.24) is 0 Å². The van der Waals surface area contributed by atoms with Gasteiger partial charge in [-0.1, -0.05) is 30.4 Å². The van der Waals surface area contributed by atoms with E-state index < -0.39 is 0 Å². The fraction of sp³-hybridized carbons (Fsp3) is 0.192. The smallest absolute Gasteiger partial charge is 0.216 e. The highest BCUT2D eigenvalue weighted by Crippen LogP contribution is 2.48. The minimum absolute atomic E-state index is 0.0598. The molecule has 0 N–H and O–H groups in total. The van der Waals surface area contributed by atoms with Crippen LogP contribution in [-0.4, -0.2) is 6.10 Å². The Morgan fingerprint density at radius 3 is 2.59 bits per heavy atom. The molecule has 4 aromatic rings. The molecule has 3 nitrogen and oxygen atoms in total. The maximum absolute atomic E-state index is 6.65. The van der Waals surface area contributed by atoms with Gasteiger partial charge in [0.15, 0.2) is 6.20 Å². The van der Waals surface area contributed by atoms with E-state index in [0.717, 1.165) is 33.3 Å². The van der Waals surface area contributed by atoms with Gasteiger partial charge in [0.1, 0.15) is 30.1 Å². The minimum Gasteiger partial charge on any atom is -0.485 e. The van der Waals surface area contributed by atoms with Crippen molar-refractivity contribution >= 4 is 21.9 Å². The largest absolute Gasteiger partial charge is 0.485 e. The lowest BCUT2D eigenvalue weighted by Gasteiger charge is -2.13. The Balaban J connectivity index is 1.70. The van der Waals surface area contributed by atoms with Crippen molar-refractivity contribution < 1.29 is 13.7 Å². The molecule has 0 radical (unpaired) electrons. The van der Waals surface area contributed by atoms with Crippen LogP contribution in [0.25, 0.3) is 33.2 Å². The molecule has 2 atom stereocenters. The summed E-state index contributed by atoms with van der Waals surface area (Å²) in [5, 5.41) is 2.31. The van der Waals surface area contributed by atoms with E-state index in [1.165, 1.54) is 22.4 Å². The van der Waals surface area contributed by atoms with E-state index >= 15 is 0 Å². The molecule has 3 heterocycles. The molecule has 1 aliphatic carbocycles. The van der Waals surface area contributed by atoms with Gasteiger partial charge in [0.25, 0.3) is 0 Å². The summed E-state index contributed by atoms with van der Waals surface area (Å²) in [6.45, 7) is 4.29. The van der Waals surface area contributed by atoms with E-state index in [-0.39, 0.29) is 12.0 Å². The molecule has 0 amide bonds. The number of rotatable bonds is 1. The van der Waals surface area contributed by atoms with Gasteiger partial charge in [-0.3, -0.25) is 0 Å². The predicted octanol–water partition coefficient (Wildman–Crippen LogP) is 5.66. The molecule has 1 aliphatic heterocycles. The minimum atomic E-state index is 0.0598. The Kier molecular flexibility index (Phi) is 3.34. The van der Waals surface area contributed by atoms with Gasteiger partial charge in [0, 0.05) is 28.5 Å². The second-order valence-corrected chi connectivity index (χ2v) is 8.17. The average Bonchev–Trinajstić information content (AvgIpc) is 3.27.